The molecule has 0 radical (unpaired) electrons. The molecule has 1 aliphatic heterocycles. The molecular formula is C25H26F2N4O3. The number of amides is 1. The number of carbonyl (C=O) groups is 1. The first kappa shape index (κ1) is 22.5. The van der Waals surface area contributed by atoms with Crippen molar-refractivity contribution in [2.75, 3.05) is 6.54 Å². The third kappa shape index (κ3) is 4.27. The molecule has 2 fully saturated rings. The standard InChI is InChI=1S/C25H26F2N4O3/c1-3-14-10-15-4-5-16(21(26)22(15)30-24(14)32)11-31-12-20(13(31)2)34-19-9-8-18(29-23(19)27)25(33)28-17-6-7-17/h4-5,8-10,13,17,20H,3,6-7,11-12H2,1-2H3,(H,28,33)(H,30,32)/t13-,20+/m1/s1. The molecule has 3 heterocycles. The molecule has 1 aromatic carbocycles. The Balaban J connectivity index is 1.23. The molecular weight excluding hydrogens is 442 g/mol. The van der Waals surface area contributed by atoms with E-state index in [2.05, 4.69) is 15.3 Å². The number of carbonyl (C=O) groups excluding carboxylic acids is 1. The smallest absolute Gasteiger partial charge is 0.270 e. The van der Waals surface area contributed by atoms with Crippen LogP contribution < -0.4 is 15.6 Å². The minimum Gasteiger partial charge on any atom is -0.483 e. The molecule has 0 bridgehead atoms. The highest BCUT2D eigenvalue weighted by molar-refractivity contribution is 5.92. The van der Waals surface area contributed by atoms with E-state index in [4.69, 9.17) is 4.74 Å². The summed E-state index contributed by atoms with van der Waals surface area (Å²) < 4.78 is 35.3. The van der Waals surface area contributed by atoms with E-state index >= 15 is 4.39 Å². The van der Waals surface area contributed by atoms with Gasteiger partial charge in [0.2, 0.25) is 0 Å². The molecule has 3 aromatic rings. The predicted octanol–water partition coefficient (Wildman–Crippen LogP) is 3.31. The van der Waals surface area contributed by atoms with Crippen LogP contribution in [0.1, 0.15) is 48.3 Å². The number of aromatic nitrogens is 2. The van der Waals surface area contributed by atoms with Gasteiger partial charge in [-0.1, -0.05) is 19.1 Å². The van der Waals surface area contributed by atoms with Crippen LogP contribution in [0.3, 0.4) is 0 Å². The Morgan fingerprint density at radius 3 is 2.71 bits per heavy atom. The van der Waals surface area contributed by atoms with Crippen molar-refractivity contribution in [2.45, 2.75) is 57.8 Å². The lowest BCUT2D eigenvalue weighted by Gasteiger charge is -2.45. The fourth-order valence-corrected chi connectivity index (χ4v) is 4.21. The van der Waals surface area contributed by atoms with E-state index in [1.807, 2.05) is 24.8 Å². The van der Waals surface area contributed by atoms with Gasteiger partial charge >= 0.3 is 0 Å². The first-order valence-electron chi connectivity index (χ1n) is 11.6. The van der Waals surface area contributed by atoms with Gasteiger partial charge in [-0.3, -0.25) is 14.5 Å². The number of halogens is 2. The van der Waals surface area contributed by atoms with Crippen LogP contribution in [0.4, 0.5) is 8.78 Å². The molecule has 1 saturated heterocycles. The van der Waals surface area contributed by atoms with Crippen LogP contribution in [-0.2, 0) is 13.0 Å². The van der Waals surface area contributed by atoms with E-state index in [9.17, 15) is 14.0 Å². The minimum atomic E-state index is -0.829. The molecule has 2 N–H and O–H groups in total. The summed E-state index contributed by atoms with van der Waals surface area (Å²) in [4.78, 5) is 32.6. The van der Waals surface area contributed by atoms with Gasteiger partial charge in [0.1, 0.15) is 11.8 Å². The van der Waals surface area contributed by atoms with Crippen LogP contribution in [-0.4, -0.2) is 45.5 Å². The quantitative estimate of drug-likeness (QED) is 0.520. The highest BCUT2D eigenvalue weighted by atomic mass is 19.1. The lowest BCUT2D eigenvalue weighted by molar-refractivity contribution is -0.0437. The van der Waals surface area contributed by atoms with Gasteiger partial charge in [0, 0.05) is 41.7 Å². The van der Waals surface area contributed by atoms with Crippen molar-refractivity contribution in [3.8, 4) is 5.75 Å². The number of rotatable bonds is 7. The fraction of sp³-hybridized carbons (Fsp3) is 0.400. The molecule has 7 nitrogen and oxygen atoms in total. The van der Waals surface area contributed by atoms with Crippen molar-refractivity contribution < 1.29 is 18.3 Å². The van der Waals surface area contributed by atoms with Crippen LogP contribution >= 0.6 is 0 Å². The minimum absolute atomic E-state index is 0.0133. The van der Waals surface area contributed by atoms with E-state index in [-0.39, 0.29) is 46.6 Å². The van der Waals surface area contributed by atoms with E-state index in [1.54, 1.807) is 12.1 Å². The van der Waals surface area contributed by atoms with Gasteiger partial charge in [0.15, 0.2) is 11.6 Å². The Bertz CT molecular complexity index is 1320. The van der Waals surface area contributed by atoms with Gasteiger partial charge in [-0.15, -0.1) is 0 Å². The molecule has 1 amide bonds. The molecule has 2 aromatic heterocycles. The highest BCUT2D eigenvalue weighted by Crippen LogP contribution is 2.29. The monoisotopic (exact) mass is 468 g/mol. The number of pyridine rings is 2. The Hall–Kier alpha value is -3.33. The van der Waals surface area contributed by atoms with E-state index in [0.717, 1.165) is 12.8 Å². The van der Waals surface area contributed by atoms with E-state index < -0.39 is 11.8 Å². The number of fused-ring (bicyclic) bond motifs is 1. The normalized spacial score (nSPS) is 20.2. The number of nitrogens with zero attached hydrogens (tertiary/aromatic N) is 2. The summed E-state index contributed by atoms with van der Waals surface area (Å²) in [5, 5.41) is 3.43. The van der Waals surface area contributed by atoms with Crippen molar-refractivity contribution >= 4 is 16.8 Å². The van der Waals surface area contributed by atoms with Crippen LogP contribution in [0.25, 0.3) is 10.9 Å². The van der Waals surface area contributed by atoms with E-state index in [1.165, 1.54) is 12.1 Å². The van der Waals surface area contributed by atoms with Gasteiger partial charge in [-0.2, -0.15) is 4.39 Å². The SMILES string of the molecule is CCc1cc2ccc(CN3C[C@H](Oc4ccc(C(=O)NC5CC5)nc4F)[C@H]3C)c(F)c2[nH]c1=O. The van der Waals surface area contributed by atoms with Gasteiger partial charge in [0.05, 0.1) is 5.52 Å². The first-order chi connectivity index (χ1) is 16.3. The number of hydrogen-bond acceptors (Lipinski definition) is 5. The Labute approximate surface area is 195 Å². The summed E-state index contributed by atoms with van der Waals surface area (Å²) in [6.45, 7) is 4.62. The van der Waals surface area contributed by atoms with Crippen molar-refractivity contribution in [3.05, 3.63) is 69.3 Å². The zero-order chi connectivity index (χ0) is 24.0. The number of aromatic amines is 1. The number of likely N-dealkylation sites (tertiary alicyclic amines) is 1. The average molecular weight is 469 g/mol. The largest absolute Gasteiger partial charge is 0.483 e. The molecule has 9 heteroatoms. The maximum absolute atomic E-state index is 15.1. The fourth-order valence-electron chi connectivity index (χ4n) is 4.21. The summed E-state index contributed by atoms with van der Waals surface area (Å²) in [6, 6.07) is 8.20. The van der Waals surface area contributed by atoms with Crippen molar-refractivity contribution in [1.82, 2.24) is 20.2 Å². The summed E-state index contributed by atoms with van der Waals surface area (Å²) in [5.41, 5.74) is 1.05. The third-order valence-corrected chi connectivity index (χ3v) is 6.63. The molecule has 178 valence electrons. The van der Waals surface area contributed by atoms with Gasteiger partial charge in [-0.05, 0) is 44.4 Å². The summed E-state index contributed by atoms with van der Waals surface area (Å²) in [6.07, 6.45) is 2.16. The maximum Gasteiger partial charge on any atom is 0.270 e. The van der Waals surface area contributed by atoms with Crippen LogP contribution in [0, 0.1) is 11.8 Å². The number of nitrogens with one attached hydrogen (secondary N) is 2. The topological polar surface area (TPSA) is 87.3 Å². The third-order valence-electron chi connectivity index (χ3n) is 6.63. The summed E-state index contributed by atoms with van der Waals surface area (Å²) in [7, 11) is 0. The Morgan fingerprint density at radius 2 is 2.03 bits per heavy atom. The van der Waals surface area contributed by atoms with Crippen molar-refractivity contribution in [1.29, 1.82) is 0 Å². The summed E-state index contributed by atoms with van der Waals surface area (Å²) in [5.74, 6) is -1.67. The molecule has 1 aliphatic carbocycles. The Morgan fingerprint density at radius 1 is 1.24 bits per heavy atom. The van der Waals surface area contributed by atoms with E-state index in [0.29, 0.717) is 36.0 Å². The van der Waals surface area contributed by atoms with Crippen LogP contribution in [0.15, 0.2) is 35.1 Å². The molecule has 34 heavy (non-hydrogen) atoms. The molecule has 2 atom stereocenters. The Kier molecular flexibility index (Phi) is 5.81. The molecule has 0 unspecified atom stereocenters. The molecule has 5 rings (SSSR count). The molecule has 2 aliphatic rings. The molecule has 0 spiro atoms. The van der Waals surface area contributed by atoms with Crippen molar-refractivity contribution in [3.63, 3.8) is 0 Å². The summed E-state index contributed by atoms with van der Waals surface area (Å²) >= 11 is 0. The lowest BCUT2D eigenvalue weighted by Crippen LogP contribution is -2.60. The van der Waals surface area contributed by atoms with Gasteiger partial charge in [0.25, 0.3) is 17.4 Å². The second-order valence-corrected chi connectivity index (χ2v) is 9.04. The van der Waals surface area contributed by atoms with Crippen LogP contribution in [0.2, 0.25) is 0 Å². The predicted molar refractivity (Wildman–Crippen MR) is 123 cm³/mol. The number of benzene rings is 1. The number of H-pyrrole nitrogens is 1. The zero-order valence-corrected chi connectivity index (χ0v) is 19.0. The lowest BCUT2D eigenvalue weighted by atomic mass is 9.99. The number of aryl methyl sites for hydroxylation is 1. The number of hydrogen-bond donors (Lipinski definition) is 2. The highest BCUT2D eigenvalue weighted by Gasteiger charge is 2.38. The molecule has 1 saturated carbocycles. The first-order valence-corrected chi connectivity index (χ1v) is 11.6. The van der Waals surface area contributed by atoms with Crippen LogP contribution in [0.5, 0.6) is 5.75 Å². The average Bonchev–Trinajstić information content (AvgIpc) is 3.64. The zero-order valence-electron chi connectivity index (χ0n) is 19.0. The maximum atomic E-state index is 15.1. The number of ether oxygens (including phenoxy) is 1. The second-order valence-electron chi connectivity index (χ2n) is 9.04. The van der Waals surface area contributed by atoms with Gasteiger partial charge < -0.3 is 15.0 Å². The van der Waals surface area contributed by atoms with Gasteiger partial charge in [-0.25, -0.2) is 9.37 Å². The van der Waals surface area contributed by atoms with Crippen molar-refractivity contribution in [2.24, 2.45) is 0 Å². The second kappa shape index (κ2) is 8.79.